The van der Waals surface area contributed by atoms with Crippen LogP contribution in [0.4, 0.5) is 0 Å². The molecule has 0 N–H and O–H groups in total. The van der Waals surface area contributed by atoms with Gasteiger partial charge in [-0.1, -0.05) is 41.6 Å². The van der Waals surface area contributed by atoms with Crippen LogP contribution in [0.2, 0.25) is 5.02 Å². The lowest BCUT2D eigenvalue weighted by molar-refractivity contribution is 0.0635. The van der Waals surface area contributed by atoms with Crippen molar-refractivity contribution in [3.05, 3.63) is 58.6 Å². The van der Waals surface area contributed by atoms with E-state index in [9.17, 15) is 0 Å². The molecule has 1 saturated heterocycles. The Balaban J connectivity index is 1.53. The van der Waals surface area contributed by atoms with E-state index in [0.717, 1.165) is 57.4 Å². The SMILES string of the molecule is CCOCCN1CCN(C2Cc3cc(Cl)ccc3Sc3ccccc32)CC1. The van der Waals surface area contributed by atoms with E-state index in [1.54, 1.807) is 0 Å². The molecular formula is C22H27ClN2OS. The first-order valence-electron chi connectivity index (χ1n) is 9.84. The zero-order valence-corrected chi connectivity index (χ0v) is 17.4. The summed E-state index contributed by atoms with van der Waals surface area (Å²) in [4.78, 5) is 7.90. The van der Waals surface area contributed by atoms with Gasteiger partial charge in [0.25, 0.3) is 0 Å². The molecular weight excluding hydrogens is 376 g/mol. The highest BCUT2D eigenvalue weighted by molar-refractivity contribution is 7.99. The van der Waals surface area contributed by atoms with E-state index < -0.39 is 0 Å². The zero-order chi connectivity index (χ0) is 18.6. The molecule has 0 aliphatic carbocycles. The summed E-state index contributed by atoms with van der Waals surface area (Å²) in [6, 6.07) is 15.6. The minimum absolute atomic E-state index is 0.419. The van der Waals surface area contributed by atoms with Gasteiger partial charge in [0, 0.05) is 60.2 Å². The molecule has 2 aromatic rings. The van der Waals surface area contributed by atoms with Gasteiger partial charge in [-0.05, 0) is 48.7 Å². The predicted molar refractivity (Wildman–Crippen MR) is 113 cm³/mol. The predicted octanol–water partition coefficient (Wildman–Crippen LogP) is 4.74. The van der Waals surface area contributed by atoms with Crippen LogP contribution < -0.4 is 0 Å². The highest BCUT2D eigenvalue weighted by Gasteiger charge is 2.29. The maximum absolute atomic E-state index is 6.31. The van der Waals surface area contributed by atoms with Gasteiger partial charge in [0.2, 0.25) is 0 Å². The second kappa shape index (κ2) is 8.97. The highest BCUT2D eigenvalue weighted by atomic mass is 35.5. The molecule has 4 rings (SSSR count). The minimum Gasteiger partial charge on any atom is -0.380 e. The van der Waals surface area contributed by atoms with Gasteiger partial charge >= 0.3 is 0 Å². The first kappa shape index (κ1) is 19.3. The van der Waals surface area contributed by atoms with Crippen LogP contribution in [0.1, 0.15) is 24.1 Å². The molecule has 144 valence electrons. The van der Waals surface area contributed by atoms with Crippen LogP contribution in [0, 0.1) is 0 Å². The Bertz CT molecular complexity index is 777. The number of hydrogen-bond acceptors (Lipinski definition) is 4. The normalized spacial score (nSPS) is 20.7. The number of rotatable bonds is 5. The Morgan fingerprint density at radius 1 is 1.07 bits per heavy atom. The largest absolute Gasteiger partial charge is 0.380 e. The van der Waals surface area contributed by atoms with E-state index in [2.05, 4.69) is 53.1 Å². The fourth-order valence-electron chi connectivity index (χ4n) is 4.06. The molecule has 27 heavy (non-hydrogen) atoms. The van der Waals surface area contributed by atoms with Crippen molar-refractivity contribution < 1.29 is 4.74 Å². The van der Waals surface area contributed by atoms with Crippen molar-refractivity contribution in [2.75, 3.05) is 45.9 Å². The summed E-state index contributed by atoms with van der Waals surface area (Å²) in [6.07, 6.45) is 1.03. The molecule has 0 amide bonds. The molecule has 1 atom stereocenters. The number of ether oxygens (including phenoxy) is 1. The molecule has 2 aromatic carbocycles. The van der Waals surface area contributed by atoms with Crippen molar-refractivity contribution in [1.29, 1.82) is 0 Å². The van der Waals surface area contributed by atoms with E-state index in [1.165, 1.54) is 20.9 Å². The van der Waals surface area contributed by atoms with E-state index in [4.69, 9.17) is 16.3 Å². The smallest absolute Gasteiger partial charge is 0.0593 e. The second-order valence-electron chi connectivity index (χ2n) is 7.19. The number of fused-ring (bicyclic) bond motifs is 2. The van der Waals surface area contributed by atoms with Gasteiger partial charge in [0.05, 0.1) is 6.61 Å². The van der Waals surface area contributed by atoms with Crippen LogP contribution in [-0.2, 0) is 11.2 Å². The number of piperazine rings is 1. The van der Waals surface area contributed by atoms with Crippen LogP contribution in [0.25, 0.3) is 0 Å². The molecule has 0 radical (unpaired) electrons. The fraction of sp³-hybridized carbons (Fsp3) is 0.455. The number of hydrogen-bond donors (Lipinski definition) is 0. The first-order valence-corrected chi connectivity index (χ1v) is 11.0. The Hall–Kier alpha value is -1.04. The van der Waals surface area contributed by atoms with Crippen molar-refractivity contribution in [2.45, 2.75) is 29.2 Å². The van der Waals surface area contributed by atoms with Crippen molar-refractivity contribution >= 4 is 23.4 Å². The van der Waals surface area contributed by atoms with Gasteiger partial charge in [-0.15, -0.1) is 0 Å². The Kier molecular flexibility index (Phi) is 6.41. The molecule has 5 heteroatoms. The quantitative estimate of drug-likeness (QED) is 0.671. The van der Waals surface area contributed by atoms with Gasteiger partial charge in [0.1, 0.15) is 0 Å². The Morgan fingerprint density at radius 2 is 1.89 bits per heavy atom. The summed E-state index contributed by atoms with van der Waals surface area (Å²) in [5.41, 5.74) is 2.82. The minimum atomic E-state index is 0.419. The molecule has 1 fully saturated rings. The molecule has 0 spiro atoms. The van der Waals surface area contributed by atoms with Crippen molar-refractivity contribution in [2.24, 2.45) is 0 Å². The average molecular weight is 403 g/mol. The average Bonchev–Trinajstić information content (AvgIpc) is 2.85. The Labute approximate surface area is 171 Å². The first-order chi connectivity index (χ1) is 13.2. The summed E-state index contributed by atoms with van der Waals surface area (Å²) in [7, 11) is 0. The Morgan fingerprint density at radius 3 is 2.70 bits per heavy atom. The van der Waals surface area contributed by atoms with Crippen LogP contribution in [0.3, 0.4) is 0 Å². The van der Waals surface area contributed by atoms with Gasteiger partial charge < -0.3 is 4.74 Å². The topological polar surface area (TPSA) is 15.7 Å². The lowest BCUT2D eigenvalue weighted by Crippen LogP contribution is -2.48. The molecule has 1 unspecified atom stereocenters. The van der Waals surface area contributed by atoms with E-state index in [-0.39, 0.29) is 0 Å². The molecule has 0 saturated carbocycles. The summed E-state index contributed by atoms with van der Waals surface area (Å²) < 4.78 is 5.52. The standard InChI is InChI=1S/C22H27ClN2OS/c1-2-26-14-13-24-9-11-25(12-10-24)20-16-17-15-18(23)7-8-21(17)27-22-6-4-3-5-19(20)22/h3-8,15,20H,2,9-14,16H2,1H3. The molecule has 2 aliphatic rings. The van der Waals surface area contributed by atoms with Crippen LogP contribution >= 0.6 is 23.4 Å². The number of halogens is 1. The second-order valence-corrected chi connectivity index (χ2v) is 8.71. The zero-order valence-electron chi connectivity index (χ0n) is 15.9. The van der Waals surface area contributed by atoms with Crippen molar-refractivity contribution in [3.8, 4) is 0 Å². The van der Waals surface area contributed by atoms with E-state index >= 15 is 0 Å². The molecule has 2 heterocycles. The molecule has 0 aromatic heterocycles. The van der Waals surface area contributed by atoms with E-state index in [1.807, 2.05) is 17.8 Å². The summed E-state index contributed by atoms with van der Waals surface area (Å²) >= 11 is 8.19. The number of nitrogens with zero attached hydrogens (tertiary/aromatic N) is 2. The van der Waals surface area contributed by atoms with Crippen molar-refractivity contribution in [3.63, 3.8) is 0 Å². The molecule has 0 bridgehead atoms. The lowest BCUT2D eigenvalue weighted by atomic mass is 9.96. The highest BCUT2D eigenvalue weighted by Crippen LogP contribution is 2.43. The third-order valence-electron chi connectivity index (χ3n) is 5.54. The molecule has 3 nitrogen and oxygen atoms in total. The fourth-order valence-corrected chi connectivity index (χ4v) is 5.36. The summed E-state index contributed by atoms with van der Waals surface area (Å²) in [6.45, 7) is 9.17. The van der Waals surface area contributed by atoms with Gasteiger partial charge in [0.15, 0.2) is 0 Å². The maximum atomic E-state index is 6.31. The monoisotopic (exact) mass is 402 g/mol. The maximum Gasteiger partial charge on any atom is 0.0593 e. The molecule has 2 aliphatic heterocycles. The van der Waals surface area contributed by atoms with Gasteiger partial charge in [-0.3, -0.25) is 9.80 Å². The van der Waals surface area contributed by atoms with Gasteiger partial charge in [-0.2, -0.15) is 0 Å². The van der Waals surface area contributed by atoms with Crippen LogP contribution in [0.15, 0.2) is 52.3 Å². The van der Waals surface area contributed by atoms with Crippen LogP contribution in [-0.4, -0.2) is 55.7 Å². The van der Waals surface area contributed by atoms with E-state index in [0.29, 0.717) is 6.04 Å². The lowest BCUT2D eigenvalue weighted by Gasteiger charge is -2.39. The van der Waals surface area contributed by atoms with Crippen LogP contribution in [0.5, 0.6) is 0 Å². The van der Waals surface area contributed by atoms with Crippen molar-refractivity contribution in [1.82, 2.24) is 9.80 Å². The summed E-state index contributed by atoms with van der Waals surface area (Å²) in [5.74, 6) is 0. The third-order valence-corrected chi connectivity index (χ3v) is 6.98. The van der Waals surface area contributed by atoms with Gasteiger partial charge in [-0.25, -0.2) is 0 Å². The third kappa shape index (κ3) is 4.52. The summed E-state index contributed by atoms with van der Waals surface area (Å²) in [5, 5.41) is 0.833. The number of benzene rings is 2.